The highest BCUT2D eigenvalue weighted by atomic mass is 32.2. The van der Waals surface area contributed by atoms with Gasteiger partial charge in [-0.25, -0.2) is 0 Å². The lowest BCUT2D eigenvalue weighted by Gasteiger charge is -2.22. The van der Waals surface area contributed by atoms with Crippen molar-refractivity contribution >= 4 is 17.5 Å². The van der Waals surface area contributed by atoms with Crippen LogP contribution in [0.2, 0.25) is 0 Å². The van der Waals surface area contributed by atoms with Gasteiger partial charge in [-0.3, -0.25) is 4.79 Å². The van der Waals surface area contributed by atoms with Crippen LogP contribution in [-0.4, -0.2) is 36.1 Å². The Morgan fingerprint density at radius 2 is 2.19 bits per heavy atom. The van der Waals surface area contributed by atoms with Crippen molar-refractivity contribution in [2.24, 2.45) is 0 Å². The van der Waals surface area contributed by atoms with Gasteiger partial charge in [-0.2, -0.15) is 24.9 Å². The Labute approximate surface area is 97.3 Å². The first-order valence-electron chi connectivity index (χ1n) is 5.37. The summed E-state index contributed by atoms with van der Waals surface area (Å²) in [5.74, 6) is 1.85. The number of rotatable bonds is 5. The van der Waals surface area contributed by atoms with Gasteiger partial charge >= 0.3 is 6.18 Å². The van der Waals surface area contributed by atoms with Crippen molar-refractivity contribution in [2.45, 2.75) is 37.9 Å². The zero-order chi connectivity index (χ0) is 12.0. The van der Waals surface area contributed by atoms with Gasteiger partial charge in [-0.15, -0.1) is 0 Å². The Bertz CT molecular complexity index is 227. The molecular formula is C10H16F3NOS. The number of ketones is 1. The fourth-order valence-corrected chi connectivity index (χ4v) is 2.56. The Morgan fingerprint density at radius 1 is 1.44 bits per heavy atom. The molecule has 1 N–H and O–H groups in total. The molecule has 1 atom stereocenters. The summed E-state index contributed by atoms with van der Waals surface area (Å²) in [6.45, 7) is 0.880. The zero-order valence-electron chi connectivity index (χ0n) is 8.98. The largest absolute Gasteiger partial charge is 0.389 e. The summed E-state index contributed by atoms with van der Waals surface area (Å²) in [5, 5.41) is 3.19. The summed E-state index contributed by atoms with van der Waals surface area (Å²) in [7, 11) is 0. The van der Waals surface area contributed by atoms with Crippen LogP contribution >= 0.6 is 11.8 Å². The second-order valence-electron chi connectivity index (χ2n) is 3.94. The average molecular weight is 255 g/mol. The van der Waals surface area contributed by atoms with E-state index in [4.69, 9.17) is 0 Å². The minimum absolute atomic E-state index is 0.0440. The first kappa shape index (κ1) is 13.8. The van der Waals surface area contributed by atoms with E-state index in [-0.39, 0.29) is 24.7 Å². The molecule has 16 heavy (non-hydrogen) atoms. The van der Waals surface area contributed by atoms with Gasteiger partial charge in [0.2, 0.25) is 0 Å². The van der Waals surface area contributed by atoms with E-state index in [9.17, 15) is 18.0 Å². The lowest BCUT2D eigenvalue weighted by molar-refractivity contribution is -0.137. The highest BCUT2D eigenvalue weighted by Crippen LogP contribution is 2.22. The first-order valence-corrected chi connectivity index (χ1v) is 6.52. The summed E-state index contributed by atoms with van der Waals surface area (Å²) in [6.07, 6.45) is -4.67. The standard InChI is InChI=1S/C10H16F3NOS/c11-10(12,13)3-1-2-9(15)6-8-7-16-5-4-14-8/h8,14H,1-7H2. The van der Waals surface area contributed by atoms with Crippen LogP contribution in [0.25, 0.3) is 0 Å². The minimum atomic E-state index is -4.14. The highest BCUT2D eigenvalue weighted by molar-refractivity contribution is 7.99. The fourth-order valence-electron chi connectivity index (χ4n) is 1.61. The number of hydrogen-bond donors (Lipinski definition) is 1. The number of alkyl halides is 3. The molecule has 1 heterocycles. The molecule has 1 rings (SSSR count). The first-order chi connectivity index (χ1) is 7.47. The summed E-state index contributed by atoms with van der Waals surface area (Å²) in [5.41, 5.74) is 0. The zero-order valence-corrected chi connectivity index (χ0v) is 9.79. The molecule has 1 aliphatic heterocycles. The second-order valence-corrected chi connectivity index (χ2v) is 5.09. The summed E-state index contributed by atoms with van der Waals surface area (Å²) in [6, 6.07) is 0.150. The molecule has 0 aromatic rings. The Hall–Kier alpha value is -0.230. The monoisotopic (exact) mass is 255 g/mol. The molecule has 1 fully saturated rings. The summed E-state index contributed by atoms with van der Waals surface area (Å²) < 4.78 is 35.5. The van der Waals surface area contributed by atoms with Gasteiger partial charge in [0, 0.05) is 43.4 Å². The maximum Gasteiger partial charge on any atom is 0.389 e. The van der Waals surface area contributed by atoms with E-state index < -0.39 is 12.6 Å². The predicted octanol–water partition coefficient (Wildman–Crippen LogP) is 2.38. The predicted molar refractivity (Wildman–Crippen MR) is 58.6 cm³/mol. The molecule has 2 nitrogen and oxygen atoms in total. The Morgan fingerprint density at radius 3 is 2.75 bits per heavy atom. The van der Waals surface area contributed by atoms with E-state index >= 15 is 0 Å². The molecule has 0 aromatic carbocycles. The molecule has 0 amide bonds. The normalized spacial score (nSPS) is 22.1. The molecule has 0 radical (unpaired) electrons. The molecule has 0 bridgehead atoms. The highest BCUT2D eigenvalue weighted by Gasteiger charge is 2.26. The molecular weight excluding hydrogens is 239 g/mol. The van der Waals surface area contributed by atoms with Gasteiger partial charge in [-0.1, -0.05) is 0 Å². The minimum Gasteiger partial charge on any atom is -0.312 e. The Balaban J connectivity index is 2.10. The van der Waals surface area contributed by atoms with Gasteiger partial charge in [-0.05, 0) is 6.42 Å². The molecule has 1 unspecified atom stereocenters. The lowest BCUT2D eigenvalue weighted by Crippen LogP contribution is -2.38. The average Bonchev–Trinajstić information content (AvgIpc) is 2.17. The molecule has 94 valence electrons. The van der Waals surface area contributed by atoms with Crippen LogP contribution in [0.15, 0.2) is 0 Å². The van der Waals surface area contributed by atoms with Gasteiger partial charge in [0.05, 0.1) is 0 Å². The lowest BCUT2D eigenvalue weighted by atomic mass is 10.1. The van der Waals surface area contributed by atoms with E-state index in [2.05, 4.69) is 5.32 Å². The van der Waals surface area contributed by atoms with Crippen molar-refractivity contribution in [2.75, 3.05) is 18.1 Å². The van der Waals surface area contributed by atoms with Crippen molar-refractivity contribution < 1.29 is 18.0 Å². The van der Waals surface area contributed by atoms with Crippen LogP contribution in [0.3, 0.4) is 0 Å². The van der Waals surface area contributed by atoms with Crippen LogP contribution in [0.5, 0.6) is 0 Å². The third kappa shape index (κ3) is 6.37. The van der Waals surface area contributed by atoms with Crippen LogP contribution in [0, 0.1) is 0 Å². The SMILES string of the molecule is O=C(CCCC(F)(F)F)CC1CSCCN1. The third-order valence-electron chi connectivity index (χ3n) is 2.39. The van der Waals surface area contributed by atoms with Crippen LogP contribution in [0.4, 0.5) is 13.2 Å². The van der Waals surface area contributed by atoms with Gasteiger partial charge < -0.3 is 5.32 Å². The quantitative estimate of drug-likeness (QED) is 0.818. The molecule has 0 aliphatic carbocycles. The van der Waals surface area contributed by atoms with Crippen LogP contribution in [0.1, 0.15) is 25.7 Å². The topological polar surface area (TPSA) is 29.1 Å². The fraction of sp³-hybridized carbons (Fsp3) is 0.900. The molecule has 0 spiro atoms. The maximum atomic E-state index is 11.8. The van der Waals surface area contributed by atoms with Crippen LogP contribution in [-0.2, 0) is 4.79 Å². The number of carbonyl (C=O) groups is 1. The Kier molecular flexibility index (Phi) is 5.61. The molecule has 1 saturated heterocycles. The second kappa shape index (κ2) is 6.49. The van der Waals surface area contributed by atoms with Crippen molar-refractivity contribution in [3.8, 4) is 0 Å². The van der Waals surface area contributed by atoms with E-state index in [1.165, 1.54) is 0 Å². The van der Waals surface area contributed by atoms with E-state index in [0.29, 0.717) is 6.42 Å². The number of halogens is 3. The molecule has 1 aliphatic rings. The number of hydrogen-bond acceptors (Lipinski definition) is 3. The van der Waals surface area contributed by atoms with Gasteiger partial charge in [0.25, 0.3) is 0 Å². The van der Waals surface area contributed by atoms with E-state index in [1.807, 2.05) is 0 Å². The number of thioether (sulfide) groups is 1. The number of Topliss-reactive ketones (excluding diaryl/α,β-unsaturated/α-hetero) is 1. The van der Waals surface area contributed by atoms with Crippen molar-refractivity contribution in [1.29, 1.82) is 0 Å². The maximum absolute atomic E-state index is 11.8. The van der Waals surface area contributed by atoms with E-state index in [1.54, 1.807) is 11.8 Å². The van der Waals surface area contributed by atoms with Crippen molar-refractivity contribution in [3.05, 3.63) is 0 Å². The van der Waals surface area contributed by atoms with Gasteiger partial charge in [0.1, 0.15) is 5.78 Å². The molecule has 0 aromatic heterocycles. The summed E-state index contributed by atoms with van der Waals surface area (Å²) >= 11 is 1.78. The summed E-state index contributed by atoms with van der Waals surface area (Å²) in [4.78, 5) is 11.4. The molecule has 0 saturated carbocycles. The number of nitrogens with one attached hydrogen (secondary N) is 1. The van der Waals surface area contributed by atoms with Gasteiger partial charge in [0.15, 0.2) is 0 Å². The molecule has 6 heteroatoms. The smallest absolute Gasteiger partial charge is 0.312 e. The number of carbonyl (C=O) groups excluding carboxylic acids is 1. The van der Waals surface area contributed by atoms with Crippen molar-refractivity contribution in [1.82, 2.24) is 5.32 Å². The van der Waals surface area contributed by atoms with Crippen molar-refractivity contribution in [3.63, 3.8) is 0 Å². The van der Waals surface area contributed by atoms with Crippen LogP contribution < -0.4 is 5.32 Å². The third-order valence-corrected chi connectivity index (χ3v) is 3.52. The van der Waals surface area contributed by atoms with E-state index in [0.717, 1.165) is 18.1 Å².